The lowest BCUT2D eigenvalue weighted by Crippen LogP contribution is -2.04. The molecule has 68 valence electrons. The number of aromatic nitrogens is 2. The Bertz CT molecular complexity index is 366. The highest BCUT2D eigenvalue weighted by Gasteiger charge is 2.05. The SMILES string of the molecule is CNCc1nc(-c2nccs2)cs1. The molecule has 0 fully saturated rings. The van der Waals surface area contributed by atoms with Crippen molar-refractivity contribution in [3.63, 3.8) is 0 Å². The Morgan fingerprint density at radius 3 is 3.08 bits per heavy atom. The van der Waals surface area contributed by atoms with Crippen LogP contribution in [-0.2, 0) is 6.54 Å². The molecule has 0 aliphatic carbocycles. The van der Waals surface area contributed by atoms with Crippen LogP contribution in [0.2, 0.25) is 0 Å². The van der Waals surface area contributed by atoms with E-state index in [0.29, 0.717) is 0 Å². The smallest absolute Gasteiger partial charge is 0.142 e. The van der Waals surface area contributed by atoms with Crippen LogP contribution < -0.4 is 5.32 Å². The van der Waals surface area contributed by atoms with Crippen LogP contribution in [0.1, 0.15) is 5.01 Å². The number of thiazole rings is 2. The summed E-state index contributed by atoms with van der Waals surface area (Å²) in [4.78, 5) is 8.65. The van der Waals surface area contributed by atoms with E-state index in [2.05, 4.69) is 15.3 Å². The molecule has 2 aromatic heterocycles. The Labute approximate surface area is 84.5 Å². The molecule has 0 spiro atoms. The first kappa shape index (κ1) is 8.80. The zero-order valence-corrected chi connectivity index (χ0v) is 8.78. The van der Waals surface area contributed by atoms with Crippen LogP contribution in [0.25, 0.3) is 10.7 Å². The normalized spacial score (nSPS) is 10.5. The molecule has 2 aromatic rings. The topological polar surface area (TPSA) is 37.8 Å². The Morgan fingerprint density at radius 2 is 2.38 bits per heavy atom. The van der Waals surface area contributed by atoms with Crippen molar-refractivity contribution in [3.8, 4) is 10.7 Å². The number of nitrogens with one attached hydrogen (secondary N) is 1. The fourth-order valence-electron chi connectivity index (χ4n) is 0.991. The molecular weight excluding hydrogens is 202 g/mol. The van der Waals surface area contributed by atoms with E-state index in [9.17, 15) is 0 Å². The number of rotatable bonds is 3. The van der Waals surface area contributed by atoms with Gasteiger partial charge in [0, 0.05) is 23.5 Å². The zero-order chi connectivity index (χ0) is 9.10. The van der Waals surface area contributed by atoms with Gasteiger partial charge in [-0.15, -0.1) is 22.7 Å². The minimum absolute atomic E-state index is 0.829. The maximum atomic E-state index is 4.45. The average Bonchev–Trinajstić information content (AvgIpc) is 2.70. The van der Waals surface area contributed by atoms with Crippen LogP contribution in [0.15, 0.2) is 17.0 Å². The Kier molecular flexibility index (Phi) is 2.68. The van der Waals surface area contributed by atoms with E-state index in [1.54, 1.807) is 28.9 Å². The maximum Gasteiger partial charge on any atom is 0.142 e. The van der Waals surface area contributed by atoms with E-state index in [1.165, 1.54) is 0 Å². The third-order valence-electron chi connectivity index (χ3n) is 1.53. The monoisotopic (exact) mass is 211 g/mol. The van der Waals surface area contributed by atoms with Crippen LogP contribution >= 0.6 is 22.7 Å². The van der Waals surface area contributed by atoms with Crippen molar-refractivity contribution in [2.75, 3.05) is 7.05 Å². The van der Waals surface area contributed by atoms with Crippen molar-refractivity contribution in [1.29, 1.82) is 0 Å². The first-order valence-electron chi connectivity index (χ1n) is 3.89. The van der Waals surface area contributed by atoms with Crippen molar-refractivity contribution >= 4 is 22.7 Å². The van der Waals surface area contributed by atoms with E-state index >= 15 is 0 Å². The van der Waals surface area contributed by atoms with Crippen molar-refractivity contribution in [2.45, 2.75) is 6.54 Å². The van der Waals surface area contributed by atoms with Crippen molar-refractivity contribution < 1.29 is 0 Å². The van der Waals surface area contributed by atoms with Crippen LogP contribution in [-0.4, -0.2) is 17.0 Å². The number of hydrogen-bond donors (Lipinski definition) is 1. The molecule has 13 heavy (non-hydrogen) atoms. The molecule has 0 radical (unpaired) electrons. The lowest BCUT2D eigenvalue weighted by Gasteiger charge is -1.90. The standard InChI is InChI=1S/C8H9N3S2/c1-9-4-7-11-6(5-13-7)8-10-2-3-12-8/h2-3,5,9H,4H2,1H3. The molecule has 0 aliphatic rings. The molecule has 0 saturated heterocycles. The van der Waals surface area contributed by atoms with Gasteiger partial charge in [-0.2, -0.15) is 0 Å². The number of nitrogens with zero attached hydrogens (tertiary/aromatic N) is 2. The van der Waals surface area contributed by atoms with Gasteiger partial charge in [-0.25, -0.2) is 9.97 Å². The molecule has 2 rings (SSSR count). The lowest BCUT2D eigenvalue weighted by molar-refractivity contribution is 0.810. The fourth-order valence-corrected chi connectivity index (χ4v) is 2.45. The molecule has 0 amide bonds. The van der Waals surface area contributed by atoms with Gasteiger partial charge in [0.25, 0.3) is 0 Å². The summed E-state index contributed by atoms with van der Waals surface area (Å²) in [6.07, 6.45) is 1.80. The Morgan fingerprint density at radius 1 is 1.46 bits per heavy atom. The molecule has 0 unspecified atom stereocenters. The minimum atomic E-state index is 0.829. The predicted octanol–water partition coefficient (Wildman–Crippen LogP) is 1.99. The summed E-state index contributed by atoms with van der Waals surface area (Å²) in [6, 6.07) is 0. The maximum absolute atomic E-state index is 4.45. The summed E-state index contributed by atoms with van der Waals surface area (Å²) in [5.41, 5.74) is 0.991. The molecule has 0 bridgehead atoms. The summed E-state index contributed by atoms with van der Waals surface area (Å²) in [6.45, 7) is 0.829. The van der Waals surface area contributed by atoms with E-state index in [0.717, 1.165) is 22.3 Å². The van der Waals surface area contributed by atoms with Crippen LogP contribution in [0, 0.1) is 0 Å². The van der Waals surface area contributed by atoms with Gasteiger partial charge < -0.3 is 5.32 Å². The Hall–Kier alpha value is -0.780. The van der Waals surface area contributed by atoms with Gasteiger partial charge in [-0.05, 0) is 7.05 Å². The quantitative estimate of drug-likeness (QED) is 0.843. The van der Waals surface area contributed by atoms with Crippen molar-refractivity contribution in [3.05, 3.63) is 22.0 Å². The van der Waals surface area contributed by atoms with Gasteiger partial charge in [0.2, 0.25) is 0 Å². The summed E-state index contributed by atoms with van der Waals surface area (Å²) in [5.74, 6) is 0. The fraction of sp³-hybridized carbons (Fsp3) is 0.250. The van der Waals surface area contributed by atoms with Gasteiger partial charge >= 0.3 is 0 Å². The first-order valence-corrected chi connectivity index (χ1v) is 5.65. The van der Waals surface area contributed by atoms with Crippen molar-refractivity contribution in [1.82, 2.24) is 15.3 Å². The molecule has 0 aromatic carbocycles. The average molecular weight is 211 g/mol. The summed E-state index contributed by atoms with van der Waals surface area (Å²) in [7, 11) is 1.92. The van der Waals surface area contributed by atoms with E-state index < -0.39 is 0 Å². The molecule has 0 aliphatic heterocycles. The third-order valence-corrected chi connectivity index (χ3v) is 3.18. The molecule has 2 heterocycles. The van der Waals surface area contributed by atoms with E-state index in [-0.39, 0.29) is 0 Å². The lowest BCUT2D eigenvalue weighted by atomic mass is 10.5. The van der Waals surface area contributed by atoms with Gasteiger partial charge in [0.05, 0.1) is 0 Å². The second kappa shape index (κ2) is 3.95. The third kappa shape index (κ3) is 1.93. The van der Waals surface area contributed by atoms with E-state index in [4.69, 9.17) is 0 Å². The summed E-state index contributed by atoms with van der Waals surface area (Å²) < 4.78 is 0. The highest BCUT2D eigenvalue weighted by molar-refractivity contribution is 7.14. The largest absolute Gasteiger partial charge is 0.314 e. The summed E-state index contributed by atoms with van der Waals surface area (Å²) >= 11 is 3.29. The molecular formula is C8H9N3S2. The molecule has 5 heteroatoms. The predicted molar refractivity (Wildman–Crippen MR) is 56.0 cm³/mol. The van der Waals surface area contributed by atoms with Crippen LogP contribution in [0.5, 0.6) is 0 Å². The van der Waals surface area contributed by atoms with Gasteiger partial charge in [0.1, 0.15) is 15.7 Å². The second-order valence-corrected chi connectivity index (χ2v) is 4.33. The Balaban J connectivity index is 2.23. The first-order chi connectivity index (χ1) is 6.40. The van der Waals surface area contributed by atoms with Crippen LogP contribution in [0.4, 0.5) is 0 Å². The summed E-state index contributed by atoms with van der Waals surface area (Å²) in [5, 5.41) is 9.19. The number of hydrogen-bond acceptors (Lipinski definition) is 5. The van der Waals surface area contributed by atoms with E-state index in [1.807, 2.05) is 17.8 Å². The molecule has 3 nitrogen and oxygen atoms in total. The van der Waals surface area contributed by atoms with Crippen LogP contribution in [0.3, 0.4) is 0 Å². The van der Waals surface area contributed by atoms with Gasteiger partial charge in [0.15, 0.2) is 0 Å². The molecule has 0 atom stereocenters. The highest BCUT2D eigenvalue weighted by atomic mass is 32.1. The van der Waals surface area contributed by atoms with Gasteiger partial charge in [-0.3, -0.25) is 0 Å². The molecule has 1 N–H and O–H groups in total. The highest BCUT2D eigenvalue weighted by Crippen LogP contribution is 2.23. The van der Waals surface area contributed by atoms with Gasteiger partial charge in [-0.1, -0.05) is 0 Å². The van der Waals surface area contributed by atoms with Crippen molar-refractivity contribution in [2.24, 2.45) is 0 Å². The zero-order valence-electron chi connectivity index (χ0n) is 7.15. The minimum Gasteiger partial charge on any atom is -0.314 e. The molecule has 0 saturated carbocycles. The second-order valence-electron chi connectivity index (χ2n) is 2.49.